The van der Waals surface area contributed by atoms with E-state index in [4.69, 9.17) is 23.2 Å². The highest BCUT2D eigenvalue weighted by atomic mass is 35.5. The van der Waals surface area contributed by atoms with Gasteiger partial charge in [-0.2, -0.15) is 0 Å². The lowest BCUT2D eigenvalue weighted by molar-refractivity contribution is 0.834. The molecule has 21 heavy (non-hydrogen) atoms. The zero-order chi connectivity index (χ0) is 14.8. The second-order valence-electron chi connectivity index (χ2n) is 4.48. The molecule has 0 N–H and O–H groups in total. The highest BCUT2D eigenvalue weighted by Crippen LogP contribution is 2.39. The van der Waals surface area contributed by atoms with Crippen LogP contribution in [-0.2, 0) is 6.54 Å². The van der Waals surface area contributed by atoms with Crippen molar-refractivity contribution in [3.05, 3.63) is 64.7 Å². The molecular formula is C16H12Cl2N2S. The molecule has 0 bridgehead atoms. The van der Waals surface area contributed by atoms with Gasteiger partial charge in [0.2, 0.25) is 0 Å². The summed E-state index contributed by atoms with van der Waals surface area (Å²) in [6, 6.07) is 7.61. The van der Waals surface area contributed by atoms with Crippen LogP contribution in [0.15, 0.2) is 54.7 Å². The van der Waals surface area contributed by atoms with Crippen LogP contribution in [0.4, 0.5) is 0 Å². The lowest BCUT2D eigenvalue weighted by Gasteiger charge is -2.08. The van der Waals surface area contributed by atoms with Gasteiger partial charge < -0.3 is 4.57 Å². The van der Waals surface area contributed by atoms with Crippen molar-refractivity contribution < 1.29 is 0 Å². The van der Waals surface area contributed by atoms with E-state index in [1.54, 1.807) is 23.6 Å². The van der Waals surface area contributed by atoms with Crippen LogP contribution in [0.2, 0.25) is 10.0 Å². The topological polar surface area (TPSA) is 17.8 Å². The summed E-state index contributed by atoms with van der Waals surface area (Å²) in [5.41, 5.74) is 2.03. The maximum Gasteiger partial charge on any atom is 0.150 e. The second kappa shape index (κ2) is 6.06. The molecule has 3 aromatic rings. The van der Waals surface area contributed by atoms with Crippen LogP contribution in [0.5, 0.6) is 0 Å². The van der Waals surface area contributed by atoms with E-state index in [-0.39, 0.29) is 0 Å². The Hall–Kier alpha value is -1.55. The highest BCUT2D eigenvalue weighted by molar-refractivity contribution is 7.14. The smallest absolute Gasteiger partial charge is 0.150 e. The number of rotatable bonds is 4. The summed E-state index contributed by atoms with van der Waals surface area (Å²) in [6.07, 6.45) is 5.60. The first-order valence-corrected chi connectivity index (χ1v) is 7.99. The average molecular weight is 335 g/mol. The normalized spacial score (nSPS) is 10.8. The molecule has 3 rings (SSSR count). The molecule has 2 heterocycles. The van der Waals surface area contributed by atoms with Crippen molar-refractivity contribution in [2.24, 2.45) is 0 Å². The minimum atomic E-state index is 0.633. The van der Waals surface area contributed by atoms with Crippen molar-refractivity contribution in [1.82, 2.24) is 9.55 Å². The van der Waals surface area contributed by atoms with Gasteiger partial charge in [0.15, 0.2) is 5.82 Å². The molecule has 1 aromatic carbocycles. The highest BCUT2D eigenvalue weighted by Gasteiger charge is 2.15. The molecule has 2 aromatic heterocycles. The van der Waals surface area contributed by atoms with E-state index in [2.05, 4.69) is 22.2 Å². The molecule has 0 aliphatic carbocycles. The van der Waals surface area contributed by atoms with Gasteiger partial charge in [0.25, 0.3) is 0 Å². The third-order valence-electron chi connectivity index (χ3n) is 3.13. The van der Waals surface area contributed by atoms with Gasteiger partial charge in [-0.3, -0.25) is 0 Å². The Labute approximate surface area is 137 Å². The van der Waals surface area contributed by atoms with Crippen LogP contribution in [0.25, 0.3) is 21.8 Å². The largest absolute Gasteiger partial charge is 0.326 e. The number of hydrogen-bond donors (Lipinski definition) is 0. The first-order chi connectivity index (χ1) is 10.2. The van der Waals surface area contributed by atoms with Gasteiger partial charge in [-0.1, -0.05) is 35.3 Å². The first kappa shape index (κ1) is 14.4. The Morgan fingerprint density at radius 3 is 2.86 bits per heavy atom. The van der Waals surface area contributed by atoms with E-state index in [1.807, 2.05) is 29.8 Å². The number of hydrogen-bond acceptors (Lipinski definition) is 2. The van der Waals surface area contributed by atoms with Crippen LogP contribution in [0, 0.1) is 0 Å². The van der Waals surface area contributed by atoms with Gasteiger partial charge in [-0.25, -0.2) is 4.98 Å². The summed E-state index contributed by atoms with van der Waals surface area (Å²) in [5.74, 6) is 0.922. The Balaban J connectivity index is 2.12. The van der Waals surface area contributed by atoms with Gasteiger partial charge in [-0.15, -0.1) is 17.9 Å². The SMILES string of the molecule is C=CCn1ccnc1-c1sccc1-c1ccc(Cl)cc1Cl. The average Bonchev–Trinajstić information content (AvgIpc) is 3.07. The standard InChI is InChI=1S/C16H12Cl2N2S/c1-2-7-20-8-6-19-16(20)15-13(5-9-21-15)12-4-3-11(17)10-14(12)18/h2-6,8-10H,1,7H2. The third kappa shape index (κ3) is 2.77. The van der Waals surface area contributed by atoms with Gasteiger partial charge in [0.1, 0.15) is 0 Å². The number of halogens is 2. The Morgan fingerprint density at radius 2 is 2.10 bits per heavy atom. The molecule has 0 fully saturated rings. The zero-order valence-corrected chi connectivity index (χ0v) is 13.4. The number of thiophene rings is 1. The first-order valence-electron chi connectivity index (χ1n) is 6.36. The molecule has 5 heteroatoms. The second-order valence-corrected chi connectivity index (χ2v) is 6.24. The maximum absolute atomic E-state index is 6.33. The van der Waals surface area contributed by atoms with E-state index >= 15 is 0 Å². The monoisotopic (exact) mass is 334 g/mol. The summed E-state index contributed by atoms with van der Waals surface area (Å²) in [7, 11) is 0. The zero-order valence-electron chi connectivity index (χ0n) is 11.1. The minimum absolute atomic E-state index is 0.633. The van der Waals surface area contributed by atoms with Crippen molar-refractivity contribution >= 4 is 34.5 Å². The molecule has 106 valence electrons. The lowest BCUT2D eigenvalue weighted by atomic mass is 10.1. The fourth-order valence-electron chi connectivity index (χ4n) is 2.21. The molecule has 0 saturated heterocycles. The summed E-state index contributed by atoms with van der Waals surface area (Å²) in [5, 5.41) is 3.32. The molecule has 0 radical (unpaired) electrons. The van der Waals surface area contributed by atoms with Crippen LogP contribution in [-0.4, -0.2) is 9.55 Å². The van der Waals surface area contributed by atoms with E-state index in [0.717, 1.165) is 28.4 Å². The van der Waals surface area contributed by atoms with Crippen molar-refractivity contribution in [2.45, 2.75) is 6.54 Å². The molecule has 2 nitrogen and oxygen atoms in total. The number of allylic oxidation sites excluding steroid dienone is 1. The Morgan fingerprint density at radius 1 is 1.24 bits per heavy atom. The van der Waals surface area contributed by atoms with Gasteiger partial charge in [0, 0.05) is 40.1 Å². The van der Waals surface area contributed by atoms with Gasteiger partial charge in [0.05, 0.1) is 4.88 Å². The Kier molecular flexibility index (Phi) is 4.15. The van der Waals surface area contributed by atoms with Crippen LogP contribution < -0.4 is 0 Å². The molecule has 0 saturated carbocycles. The van der Waals surface area contributed by atoms with Crippen LogP contribution in [0.3, 0.4) is 0 Å². The molecule has 0 spiro atoms. The molecule has 0 aliphatic heterocycles. The number of imidazole rings is 1. The molecule has 0 aliphatic rings. The third-order valence-corrected chi connectivity index (χ3v) is 4.59. The quantitative estimate of drug-likeness (QED) is 0.553. The summed E-state index contributed by atoms with van der Waals surface area (Å²) in [6.45, 7) is 4.50. The summed E-state index contributed by atoms with van der Waals surface area (Å²) < 4.78 is 2.06. The minimum Gasteiger partial charge on any atom is -0.326 e. The van der Waals surface area contributed by atoms with E-state index in [1.165, 1.54) is 0 Å². The van der Waals surface area contributed by atoms with E-state index in [0.29, 0.717) is 10.0 Å². The number of benzene rings is 1. The molecular weight excluding hydrogens is 323 g/mol. The van der Waals surface area contributed by atoms with Crippen molar-refractivity contribution in [3.8, 4) is 21.8 Å². The summed E-state index contributed by atoms with van der Waals surface area (Å²) >= 11 is 14.0. The van der Waals surface area contributed by atoms with Crippen molar-refractivity contribution in [3.63, 3.8) is 0 Å². The molecule has 0 unspecified atom stereocenters. The van der Waals surface area contributed by atoms with E-state index < -0.39 is 0 Å². The predicted octanol–water partition coefficient (Wildman–Crippen LogP) is 5.77. The molecule has 0 amide bonds. The van der Waals surface area contributed by atoms with Crippen molar-refractivity contribution in [1.29, 1.82) is 0 Å². The van der Waals surface area contributed by atoms with Crippen LogP contribution in [0.1, 0.15) is 0 Å². The maximum atomic E-state index is 6.33. The molecule has 0 atom stereocenters. The van der Waals surface area contributed by atoms with Crippen LogP contribution >= 0.6 is 34.5 Å². The fourth-order valence-corrected chi connectivity index (χ4v) is 3.64. The lowest BCUT2D eigenvalue weighted by Crippen LogP contribution is -1.96. The van der Waals surface area contributed by atoms with Gasteiger partial charge in [-0.05, 0) is 23.6 Å². The van der Waals surface area contributed by atoms with Gasteiger partial charge >= 0.3 is 0 Å². The number of nitrogens with zero attached hydrogens (tertiary/aromatic N) is 2. The summed E-state index contributed by atoms with van der Waals surface area (Å²) in [4.78, 5) is 5.56. The van der Waals surface area contributed by atoms with E-state index in [9.17, 15) is 0 Å². The number of aromatic nitrogens is 2. The Bertz CT molecular complexity index is 789. The fraction of sp³-hybridized carbons (Fsp3) is 0.0625. The predicted molar refractivity (Wildman–Crippen MR) is 91.2 cm³/mol. The van der Waals surface area contributed by atoms with Crippen molar-refractivity contribution in [2.75, 3.05) is 0 Å².